The van der Waals surface area contributed by atoms with Crippen molar-refractivity contribution in [3.8, 4) is 0 Å². The van der Waals surface area contributed by atoms with Gasteiger partial charge in [-0.2, -0.15) is 0 Å². The average molecular weight is 317 g/mol. The summed E-state index contributed by atoms with van der Waals surface area (Å²) in [6.45, 7) is 1.69. The van der Waals surface area contributed by atoms with Crippen LogP contribution in [0.1, 0.15) is 58.3 Å². The van der Waals surface area contributed by atoms with Crippen LogP contribution in [0.25, 0.3) is 0 Å². The molecule has 0 atom stereocenters. The molecular weight excluding hydrogens is 294 g/mol. The van der Waals surface area contributed by atoms with E-state index in [-0.39, 0.29) is 10.1 Å². The van der Waals surface area contributed by atoms with Gasteiger partial charge in [-0.15, -0.1) is 16.8 Å². The van der Waals surface area contributed by atoms with Crippen molar-refractivity contribution in [2.75, 3.05) is 6.54 Å². The zero-order valence-corrected chi connectivity index (χ0v) is 12.8. The van der Waals surface area contributed by atoms with E-state index >= 15 is 0 Å². The summed E-state index contributed by atoms with van der Waals surface area (Å²) in [5.74, 6) is 0. The Labute approximate surface area is 115 Å². The molecule has 0 fully saturated rings. The molecule has 0 aromatic carbocycles. The Morgan fingerprint density at radius 3 is 1.47 bits per heavy atom. The average Bonchev–Trinajstić information content (AvgIpc) is 2.23. The Bertz CT molecular complexity index is 399. The van der Waals surface area contributed by atoms with Gasteiger partial charge in [0.1, 0.15) is 3.71 Å². The minimum atomic E-state index is -4.93. The van der Waals surface area contributed by atoms with Crippen LogP contribution >= 0.6 is 0 Å². The number of hydrogen-bond donors (Lipinski definition) is 2. The van der Waals surface area contributed by atoms with Crippen molar-refractivity contribution < 1.29 is 25.9 Å². The lowest BCUT2D eigenvalue weighted by Crippen LogP contribution is -2.42. The smallest absolute Gasteiger partial charge is 0.236 e. The van der Waals surface area contributed by atoms with Gasteiger partial charge in [0.15, 0.2) is 6.54 Å². The standard InChI is InChI=1S/C10H23NO6S2/c1-2-3-4-5-6-7-8-9-10-11(18(12,13)14)19(15,16)17/h2-10H2,1H3,(H,12,13,14)(H,15,16,17)/q+1. The van der Waals surface area contributed by atoms with Crippen LogP contribution in [-0.2, 0) is 20.6 Å². The molecule has 0 aromatic rings. The zero-order valence-electron chi connectivity index (χ0n) is 11.2. The van der Waals surface area contributed by atoms with E-state index in [1.807, 2.05) is 0 Å². The normalized spacial score (nSPS) is 13.1. The van der Waals surface area contributed by atoms with Crippen LogP contribution in [0, 0.1) is 0 Å². The van der Waals surface area contributed by atoms with E-state index in [1.54, 1.807) is 0 Å². The van der Waals surface area contributed by atoms with Gasteiger partial charge in [-0.1, -0.05) is 45.4 Å². The van der Waals surface area contributed by atoms with E-state index < -0.39 is 27.2 Å². The molecule has 0 saturated heterocycles. The number of unbranched alkanes of at least 4 members (excludes halogenated alkanes) is 7. The molecule has 0 bridgehead atoms. The fourth-order valence-corrected chi connectivity index (χ4v) is 3.40. The van der Waals surface area contributed by atoms with E-state index in [4.69, 9.17) is 9.11 Å². The second kappa shape index (κ2) is 8.85. The molecule has 9 heteroatoms. The summed E-state index contributed by atoms with van der Waals surface area (Å²) in [4.78, 5) is 0. The predicted molar refractivity (Wildman–Crippen MR) is 72.7 cm³/mol. The van der Waals surface area contributed by atoms with Crippen LogP contribution in [0.15, 0.2) is 0 Å². The van der Waals surface area contributed by atoms with Crippen LogP contribution in [-0.4, -0.2) is 32.5 Å². The third kappa shape index (κ3) is 9.33. The van der Waals surface area contributed by atoms with E-state index in [9.17, 15) is 16.8 Å². The van der Waals surface area contributed by atoms with Crippen molar-refractivity contribution in [1.29, 1.82) is 0 Å². The van der Waals surface area contributed by atoms with Crippen molar-refractivity contribution in [3.63, 3.8) is 0 Å². The summed E-state index contributed by atoms with van der Waals surface area (Å²) in [6.07, 6.45) is 7.43. The lowest BCUT2D eigenvalue weighted by Gasteiger charge is -2.03. The van der Waals surface area contributed by atoms with Crippen LogP contribution in [0.5, 0.6) is 0 Å². The quantitative estimate of drug-likeness (QED) is 0.341. The second-order valence-electron chi connectivity index (χ2n) is 4.43. The van der Waals surface area contributed by atoms with Crippen molar-refractivity contribution in [2.24, 2.45) is 0 Å². The molecule has 19 heavy (non-hydrogen) atoms. The summed E-state index contributed by atoms with van der Waals surface area (Å²) < 4.78 is 60.1. The molecule has 2 N–H and O–H groups in total. The monoisotopic (exact) mass is 317 g/mol. The van der Waals surface area contributed by atoms with Gasteiger partial charge in [0, 0.05) is 6.42 Å². The Hall–Kier alpha value is -0.220. The minimum absolute atomic E-state index is 0.271. The molecule has 0 unspecified atom stereocenters. The van der Waals surface area contributed by atoms with Crippen LogP contribution in [0.3, 0.4) is 0 Å². The fraction of sp³-hybridized carbons (Fsp3) is 1.00. The lowest BCUT2D eigenvalue weighted by molar-refractivity contribution is 0.414. The van der Waals surface area contributed by atoms with Crippen molar-refractivity contribution in [3.05, 3.63) is 0 Å². The Balaban J connectivity index is 3.91. The van der Waals surface area contributed by atoms with Crippen LogP contribution in [0.4, 0.5) is 0 Å². The minimum Gasteiger partial charge on any atom is -0.236 e. The molecular formula is C10H23NO6S2+. The molecule has 0 aliphatic carbocycles. The highest BCUT2D eigenvalue weighted by molar-refractivity contribution is 8.00. The first-order valence-corrected chi connectivity index (χ1v) is 9.21. The number of nitrogens with zero attached hydrogens (tertiary/aromatic N) is 1. The van der Waals surface area contributed by atoms with Crippen molar-refractivity contribution >= 4 is 20.6 Å². The van der Waals surface area contributed by atoms with Gasteiger partial charge < -0.3 is 0 Å². The molecule has 0 aliphatic rings. The third-order valence-electron chi connectivity index (χ3n) is 2.71. The lowest BCUT2D eigenvalue weighted by atomic mass is 10.1. The molecule has 0 rings (SSSR count). The maximum Gasteiger partial charge on any atom is 0.499 e. The summed E-state index contributed by atoms with van der Waals surface area (Å²) in [6, 6.07) is 0. The first-order chi connectivity index (χ1) is 8.69. The Morgan fingerprint density at radius 1 is 0.737 bits per heavy atom. The van der Waals surface area contributed by atoms with Gasteiger partial charge >= 0.3 is 20.6 Å². The van der Waals surface area contributed by atoms with E-state index in [0.29, 0.717) is 6.42 Å². The van der Waals surface area contributed by atoms with Crippen LogP contribution in [0.2, 0.25) is 0 Å². The van der Waals surface area contributed by atoms with Gasteiger partial charge in [-0.25, -0.2) is 9.11 Å². The highest BCUT2D eigenvalue weighted by Crippen LogP contribution is 2.10. The maximum absolute atomic E-state index is 10.8. The molecule has 0 aromatic heterocycles. The molecule has 0 amide bonds. The maximum atomic E-state index is 10.8. The summed E-state index contributed by atoms with van der Waals surface area (Å²) in [5, 5.41) is 0. The highest BCUT2D eigenvalue weighted by atomic mass is 32.3. The summed E-state index contributed by atoms with van der Waals surface area (Å²) in [7, 11) is -9.86. The summed E-state index contributed by atoms with van der Waals surface area (Å²) in [5.41, 5.74) is 0. The first-order valence-electron chi connectivity index (χ1n) is 6.42. The fourth-order valence-electron chi connectivity index (χ4n) is 1.72. The Kier molecular flexibility index (Phi) is 8.75. The second-order valence-corrected chi connectivity index (χ2v) is 7.33. The van der Waals surface area contributed by atoms with Crippen LogP contribution < -0.4 is 3.71 Å². The SMILES string of the molecule is CCCCCCCCCC[N+](S(=O)(=O)O)S(=O)(=O)O. The molecule has 0 spiro atoms. The van der Waals surface area contributed by atoms with Crippen molar-refractivity contribution in [2.45, 2.75) is 58.3 Å². The van der Waals surface area contributed by atoms with Gasteiger partial charge in [-0.3, -0.25) is 0 Å². The van der Waals surface area contributed by atoms with Gasteiger partial charge in [0.2, 0.25) is 0 Å². The largest absolute Gasteiger partial charge is 0.499 e. The predicted octanol–water partition coefficient (Wildman–Crippen LogP) is 1.87. The van der Waals surface area contributed by atoms with Gasteiger partial charge in [0.05, 0.1) is 0 Å². The Morgan fingerprint density at radius 2 is 1.11 bits per heavy atom. The number of rotatable bonds is 11. The third-order valence-corrected chi connectivity index (χ3v) is 5.23. The van der Waals surface area contributed by atoms with Gasteiger partial charge in [0.25, 0.3) is 0 Å². The van der Waals surface area contributed by atoms with E-state index in [0.717, 1.165) is 25.7 Å². The molecule has 0 aliphatic heterocycles. The molecule has 1 radical (unpaired) electrons. The topological polar surface area (TPSA) is 115 Å². The van der Waals surface area contributed by atoms with Crippen molar-refractivity contribution in [1.82, 2.24) is 3.71 Å². The molecule has 7 nitrogen and oxygen atoms in total. The molecule has 115 valence electrons. The van der Waals surface area contributed by atoms with Gasteiger partial charge in [-0.05, 0) is 6.42 Å². The van der Waals surface area contributed by atoms with E-state index in [1.165, 1.54) is 12.8 Å². The summed E-state index contributed by atoms with van der Waals surface area (Å²) >= 11 is 0. The molecule has 0 heterocycles. The molecule has 0 saturated carbocycles. The van der Waals surface area contributed by atoms with E-state index in [2.05, 4.69) is 6.92 Å². The highest BCUT2D eigenvalue weighted by Gasteiger charge is 2.43. The zero-order chi connectivity index (χ0) is 14.9. The number of hydrogen-bond acceptors (Lipinski definition) is 4. The first kappa shape index (κ1) is 18.8.